The van der Waals surface area contributed by atoms with Crippen LogP contribution in [0.3, 0.4) is 0 Å². The van der Waals surface area contributed by atoms with Crippen molar-refractivity contribution in [3.63, 3.8) is 0 Å². The molecule has 0 saturated heterocycles. The van der Waals surface area contributed by atoms with Crippen LogP contribution in [-0.4, -0.2) is 9.97 Å². The van der Waals surface area contributed by atoms with E-state index in [1.165, 1.54) is 99.1 Å². The fraction of sp³-hybridized carbons (Fsp3) is 0.0154. The van der Waals surface area contributed by atoms with Crippen molar-refractivity contribution in [1.29, 1.82) is 0 Å². The van der Waals surface area contributed by atoms with Crippen molar-refractivity contribution in [1.82, 2.24) is 9.97 Å². The average Bonchev–Trinajstić information content (AvgIpc) is 3.88. The van der Waals surface area contributed by atoms with Crippen molar-refractivity contribution < 1.29 is 0 Å². The maximum absolute atomic E-state index is 5.29. The van der Waals surface area contributed by atoms with Gasteiger partial charge in [0, 0.05) is 16.7 Å². The SMILES string of the molecule is c1ccc(-c2ccc(-c3cc(-c4ccc5c(c4)c4ccccc4c4cccc(-c6ccc7c(c6)C6(c8ccccc8-c8ccccc86)c6ccccc6-7)c45)nc(-c4ccccc4)n3)cc2)cc1. The number of hydrogen-bond donors (Lipinski definition) is 0. The van der Waals surface area contributed by atoms with Gasteiger partial charge in [0.1, 0.15) is 0 Å². The zero-order chi connectivity index (χ0) is 44.1. The van der Waals surface area contributed by atoms with Gasteiger partial charge in [-0.15, -0.1) is 0 Å². The molecule has 0 aliphatic heterocycles. The second-order valence-corrected chi connectivity index (χ2v) is 18.0. The molecule has 1 heterocycles. The van der Waals surface area contributed by atoms with Crippen LogP contribution in [0.25, 0.3) is 111 Å². The van der Waals surface area contributed by atoms with Crippen LogP contribution >= 0.6 is 0 Å². The highest BCUT2D eigenvalue weighted by Gasteiger charge is 2.51. The van der Waals surface area contributed by atoms with Crippen molar-refractivity contribution in [2.75, 3.05) is 0 Å². The molecule has 2 aliphatic carbocycles. The molecule has 2 aliphatic rings. The third-order valence-electron chi connectivity index (χ3n) is 14.5. The Balaban J connectivity index is 0.971. The quantitative estimate of drug-likeness (QED) is 0.161. The van der Waals surface area contributed by atoms with Crippen molar-refractivity contribution in [2.45, 2.75) is 5.41 Å². The van der Waals surface area contributed by atoms with Crippen LogP contribution in [0.15, 0.2) is 243 Å². The molecule has 14 rings (SSSR count). The van der Waals surface area contributed by atoms with Crippen molar-refractivity contribution in [3.05, 3.63) is 265 Å². The lowest BCUT2D eigenvalue weighted by Gasteiger charge is -2.30. The Kier molecular flexibility index (Phi) is 8.23. The summed E-state index contributed by atoms with van der Waals surface area (Å²) in [6, 6.07) is 88.8. The van der Waals surface area contributed by atoms with Gasteiger partial charge in [-0.25, -0.2) is 9.97 Å². The fourth-order valence-electron chi connectivity index (χ4n) is 11.6. The first kappa shape index (κ1) is 37.6. The number of fused-ring (bicyclic) bond motifs is 16. The zero-order valence-corrected chi connectivity index (χ0v) is 36.5. The monoisotopic (exact) mass is 848 g/mol. The lowest BCUT2D eigenvalue weighted by atomic mass is 9.70. The number of benzene rings is 11. The van der Waals surface area contributed by atoms with Gasteiger partial charge in [-0.1, -0.05) is 224 Å². The van der Waals surface area contributed by atoms with Crippen molar-refractivity contribution >= 4 is 32.3 Å². The Morgan fingerprint density at radius 2 is 0.687 bits per heavy atom. The van der Waals surface area contributed by atoms with E-state index in [0.717, 1.165) is 28.1 Å². The molecule has 0 saturated carbocycles. The molecule has 11 aromatic carbocycles. The molecular formula is C65H40N2. The van der Waals surface area contributed by atoms with Crippen LogP contribution in [0.2, 0.25) is 0 Å². The van der Waals surface area contributed by atoms with Gasteiger partial charge in [-0.05, 0) is 117 Å². The van der Waals surface area contributed by atoms with Gasteiger partial charge in [0.15, 0.2) is 5.82 Å². The Hall–Kier alpha value is -8.72. The second-order valence-electron chi connectivity index (χ2n) is 18.0. The summed E-state index contributed by atoms with van der Waals surface area (Å²) < 4.78 is 0. The highest BCUT2D eigenvalue weighted by Crippen LogP contribution is 2.63. The summed E-state index contributed by atoms with van der Waals surface area (Å²) in [5.74, 6) is 0.704. The Bertz CT molecular complexity index is 3900. The van der Waals surface area contributed by atoms with Gasteiger partial charge in [0.25, 0.3) is 0 Å². The topological polar surface area (TPSA) is 25.8 Å². The normalized spacial score (nSPS) is 12.9. The average molecular weight is 849 g/mol. The first-order chi connectivity index (χ1) is 33.2. The Morgan fingerprint density at radius 3 is 1.34 bits per heavy atom. The number of rotatable bonds is 5. The highest BCUT2D eigenvalue weighted by atomic mass is 14.9. The molecule has 0 amide bonds. The summed E-state index contributed by atoms with van der Waals surface area (Å²) in [7, 11) is 0. The molecule has 1 spiro atoms. The summed E-state index contributed by atoms with van der Waals surface area (Å²) in [5.41, 5.74) is 19.9. The van der Waals surface area contributed by atoms with Crippen LogP contribution < -0.4 is 0 Å². The van der Waals surface area contributed by atoms with Crippen molar-refractivity contribution in [3.8, 4) is 78.4 Å². The third-order valence-corrected chi connectivity index (χ3v) is 14.5. The van der Waals surface area contributed by atoms with E-state index < -0.39 is 5.41 Å². The minimum absolute atomic E-state index is 0.414. The van der Waals surface area contributed by atoms with Crippen LogP contribution in [0, 0.1) is 0 Å². The summed E-state index contributed by atoms with van der Waals surface area (Å²) in [4.78, 5) is 10.5. The molecule has 0 radical (unpaired) electrons. The van der Waals surface area contributed by atoms with E-state index in [9.17, 15) is 0 Å². The summed E-state index contributed by atoms with van der Waals surface area (Å²) in [5, 5.41) is 7.38. The van der Waals surface area contributed by atoms with E-state index >= 15 is 0 Å². The molecule has 310 valence electrons. The number of nitrogens with zero attached hydrogens (tertiary/aromatic N) is 2. The minimum atomic E-state index is -0.414. The van der Waals surface area contributed by atoms with E-state index in [0.29, 0.717) is 5.82 Å². The molecule has 2 heteroatoms. The molecule has 2 nitrogen and oxygen atoms in total. The highest BCUT2D eigenvalue weighted by molar-refractivity contribution is 6.29. The summed E-state index contributed by atoms with van der Waals surface area (Å²) >= 11 is 0. The lowest BCUT2D eigenvalue weighted by molar-refractivity contribution is 0.794. The molecule has 0 N–H and O–H groups in total. The second kappa shape index (κ2) is 14.7. The standard InChI is InChI=1S/C65H40N2/c1-3-16-41(17-4-1)42-30-32-43(33-31-42)61-40-62(67-64(66-61)44-18-5-2-6-19-44)46-35-37-55-56(38-46)49-21-8-7-20-48(49)54-26-15-25-47(63(54)55)45-34-36-53-52-24-11-14-29-59(52)65(60(53)39-45)57-27-12-9-22-50(57)51-23-10-13-28-58(51)65/h1-40H. The molecule has 0 bridgehead atoms. The smallest absolute Gasteiger partial charge is 0.160 e. The largest absolute Gasteiger partial charge is 0.228 e. The van der Waals surface area contributed by atoms with Crippen LogP contribution in [0.5, 0.6) is 0 Å². The predicted octanol–water partition coefficient (Wildman–Crippen LogP) is 16.6. The van der Waals surface area contributed by atoms with E-state index in [2.05, 4.69) is 237 Å². The lowest BCUT2D eigenvalue weighted by Crippen LogP contribution is -2.25. The maximum Gasteiger partial charge on any atom is 0.160 e. The van der Waals surface area contributed by atoms with Gasteiger partial charge in [0.2, 0.25) is 0 Å². The van der Waals surface area contributed by atoms with E-state index in [1.54, 1.807) is 0 Å². The molecule has 0 fully saturated rings. The zero-order valence-electron chi connectivity index (χ0n) is 36.5. The van der Waals surface area contributed by atoms with Crippen LogP contribution in [-0.2, 0) is 5.41 Å². The third kappa shape index (κ3) is 5.57. The van der Waals surface area contributed by atoms with Gasteiger partial charge < -0.3 is 0 Å². The number of aromatic nitrogens is 2. The summed E-state index contributed by atoms with van der Waals surface area (Å²) in [6.07, 6.45) is 0. The molecule has 1 aromatic heterocycles. The van der Waals surface area contributed by atoms with E-state index in [4.69, 9.17) is 9.97 Å². The van der Waals surface area contributed by atoms with Crippen molar-refractivity contribution in [2.24, 2.45) is 0 Å². The van der Waals surface area contributed by atoms with Gasteiger partial charge in [0.05, 0.1) is 16.8 Å². The fourth-order valence-corrected chi connectivity index (χ4v) is 11.6. The van der Waals surface area contributed by atoms with Crippen LogP contribution in [0.1, 0.15) is 22.3 Å². The number of hydrogen-bond acceptors (Lipinski definition) is 2. The predicted molar refractivity (Wildman–Crippen MR) is 278 cm³/mol. The van der Waals surface area contributed by atoms with Crippen LogP contribution in [0.4, 0.5) is 0 Å². The molecular weight excluding hydrogens is 809 g/mol. The Morgan fingerprint density at radius 1 is 0.239 bits per heavy atom. The van der Waals surface area contributed by atoms with E-state index in [-0.39, 0.29) is 0 Å². The maximum atomic E-state index is 5.29. The first-order valence-electron chi connectivity index (χ1n) is 23.1. The van der Waals surface area contributed by atoms with Gasteiger partial charge in [-0.3, -0.25) is 0 Å². The molecule has 12 aromatic rings. The van der Waals surface area contributed by atoms with Gasteiger partial charge in [-0.2, -0.15) is 0 Å². The molecule has 0 unspecified atom stereocenters. The van der Waals surface area contributed by atoms with Gasteiger partial charge >= 0.3 is 0 Å². The minimum Gasteiger partial charge on any atom is -0.228 e. The Labute approximate surface area is 389 Å². The van der Waals surface area contributed by atoms with E-state index in [1.807, 2.05) is 6.07 Å². The molecule has 0 atom stereocenters. The first-order valence-corrected chi connectivity index (χ1v) is 23.1. The molecule has 67 heavy (non-hydrogen) atoms. The summed E-state index contributed by atoms with van der Waals surface area (Å²) in [6.45, 7) is 0.